The third kappa shape index (κ3) is 4.21. The second kappa shape index (κ2) is 8.50. The van der Waals surface area contributed by atoms with Gasteiger partial charge in [-0.25, -0.2) is 8.78 Å². The van der Waals surface area contributed by atoms with Gasteiger partial charge in [0.15, 0.2) is 6.10 Å². The Morgan fingerprint density at radius 1 is 1.07 bits per heavy atom. The van der Waals surface area contributed by atoms with E-state index in [9.17, 15) is 18.4 Å². The number of hydrogen-bond donors (Lipinski definition) is 1. The number of rotatable bonds is 6. The highest BCUT2D eigenvalue weighted by Gasteiger charge is 2.46. The third-order valence-electron chi connectivity index (χ3n) is 5.27. The summed E-state index contributed by atoms with van der Waals surface area (Å²) in [7, 11) is 0. The van der Waals surface area contributed by atoms with Crippen LogP contribution in [0.1, 0.15) is 43.7 Å². The minimum Gasteiger partial charge on any atom is -0.452 e. The number of carbonyl (C=O) groups is 2. The van der Waals surface area contributed by atoms with Crippen LogP contribution in [0.5, 0.6) is 0 Å². The van der Waals surface area contributed by atoms with Crippen LogP contribution < -0.4 is 5.32 Å². The normalized spacial score (nSPS) is 16.4. The molecule has 1 N–H and O–H groups in total. The Labute approximate surface area is 162 Å². The summed E-state index contributed by atoms with van der Waals surface area (Å²) in [5.41, 5.74) is 0.0138. The average molecular weight is 387 g/mol. The van der Waals surface area contributed by atoms with E-state index in [1.54, 1.807) is 30.3 Å². The maximum atomic E-state index is 14.4. The van der Waals surface area contributed by atoms with Gasteiger partial charge in [-0.3, -0.25) is 9.59 Å². The second-order valence-corrected chi connectivity index (χ2v) is 7.16. The molecule has 1 saturated carbocycles. The van der Waals surface area contributed by atoms with Gasteiger partial charge in [-0.15, -0.1) is 0 Å². The van der Waals surface area contributed by atoms with Gasteiger partial charge in [0, 0.05) is 12.1 Å². The Morgan fingerprint density at radius 2 is 1.71 bits per heavy atom. The maximum Gasteiger partial charge on any atom is 0.317 e. The summed E-state index contributed by atoms with van der Waals surface area (Å²) < 4.78 is 32.7. The van der Waals surface area contributed by atoms with E-state index in [2.05, 4.69) is 5.32 Å². The van der Waals surface area contributed by atoms with Crippen LogP contribution in [0.3, 0.4) is 0 Å². The molecule has 1 aliphatic rings. The van der Waals surface area contributed by atoms with Gasteiger partial charge in [0.2, 0.25) is 0 Å². The molecule has 0 radical (unpaired) electrons. The molecular weight excluding hydrogens is 364 g/mol. The number of ether oxygens (including phenoxy) is 1. The fourth-order valence-electron chi connectivity index (χ4n) is 3.67. The number of nitrogens with one attached hydrogen (secondary N) is 1. The Hall–Kier alpha value is -2.76. The van der Waals surface area contributed by atoms with Gasteiger partial charge in [0.25, 0.3) is 5.91 Å². The Bertz CT molecular complexity index is 845. The van der Waals surface area contributed by atoms with Crippen molar-refractivity contribution < 1.29 is 23.1 Å². The Balaban J connectivity index is 1.65. The van der Waals surface area contributed by atoms with Crippen molar-refractivity contribution in [1.82, 2.24) is 5.32 Å². The fourth-order valence-corrected chi connectivity index (χ4v) is 3.67. The van der Waals surface area contributed by atoms with E-state index in [1.165, 1.54) is 25.1 Å². The lowest BCUT2D eigenvalue weighted by Crippen LogP contribution is -2.42. The van der Waals surface area contributed by atoms with Crippen LogP contribution in [0.2, 0.25) is 0 Å². The van der Waals surface area contributed by atoms with Gasteiger partial charge >= 0.3 is 5.97 Å². The molecule has 1 fully saturated rings. The topological polar surface area (TPSA) is 55.4 Å². The maximum absolute atomic E-state index is 14.4. The molecule has 2 aromatic rings. The van der Waals surface area contributed by atoms with E-state index in [-0.39, 0.29) is 12.4 Å². The molecule has 6 heteroatoms. The van der Waals surface area contributed by atoms with Crippen molar-refractivity contribution in [3.8, 4) is 0 Å². The van der Waals surface area contributed by atoms with Gasteiger partial charge in [0.1, 0.15) is 11.6 Å². The summed E-state index contributed by atoms with van der Waals surface area (Å²) in [6.45, 7) is 1.68. The third-order valence-corrected chi connectivity index (χ3v) is 5.27. The minimum atomic E-state index is -1.04. The molecule has 2 aromatic carbocycles. The van der Waals surface area contributed by atoms with Crippen LogP contribution in [0.15, 0.2) is 48.5 Å². The number of carbonyl (C=O) groups excluding carboxylic acids is 2. The first kappa shape index (κ1) is 20.0. The lowest BCUT2D eigenvalue weighted by Gasteiger charge is -2.29. The quantitative estimate of drug-likeness (QED) is 0.762. The molecule has 0 unspecified atom stereocenters. The van der Waals surface area contributed by atoms with Gasteiger partial charge < -0.3 is 10.1 Å². The summed E-state index contributed by atoms with van der Waals surface area (Å²) in [5.74, 6) is -1.82. The van der Waals surface area contributed by atoms with Crippen molar-refractivity contribution >= 4 is 11.9 Å². The van der Waals surface area contributed by atoms with Crippen LogP contribution in [0.25, 0.3) is 0 Å². The molecule has 0 heterocycles. The van der Waals surface area contributed by atoms with Crippen LogP contribution >= 0.6 is 0 Å². The van der Waals surface area contributed by atoms with E-state index < -0.39 is 29.2 Å². The standard InChI is InChI=1S/C22H23F2NO3/c1-15(20(26)25-14-16-8-10-17(23)11-9-16)28-21(27)22(12-4-5-13-22)18-6-2-3-7-19(18)24/h2-3,6-11,15H,4-5,12-14H2,1H3,(H,25,26)/t15-/m0/s1. The monoisotopic (exact) mass is 387 g/mol. The van der Waals surface area contributed by atoms with Crippen molar-refractivity contribution in [2.45, 2.75) is 50.7 Å². The summed E-state index contributed by atoms with van der Waals surface area (Å²) >= 11 is 0. The number of benzene rings is 2. The molecule has 0 spiro atoms. The van der Waals surface area contributed by atoms with Gasteiger partial charge in [-0.05, 0) is 43.5 Å². The van der Waals surface area contributed by atoms with Crippen molar-refractivity contribution in [1.29, 1.82) is 0 Å². The van der Waals surface area contributed by atoms with Gasteiger partial charge in [-0.1, -0.05) is 43.2 Å². The average Bonchev–Trinajstić information content (AvgIpc) is 3.18. The lowest BCUT2D eigenvalue weighted by molar-refractivity contribution is -0.160. The first-order valence-electron chi connectivity index (χ1n) is 9.40. The zero-order chi connectivity index (χ0) is 20.1. The van der Waals surface area contributed by atoms with Gasteiger partial charge in [0.05, 0.1) is 5.41 Å². The van der Waals surface area contributed by atoms with Crippen molar-refractivity contribution in [3.63, 3.8) is 0 Å². The van der Waals surface area contributed by atoms with Crippen LogP contribution in [0.4, 0.5) is 8.78 Å². The molecule has 3 rings (SSSR count). The molecule has 148 valence electrons. The minimum absolute atomic E-state index is 0.194. The molecule has 0 aliphatic heterocycles. The summed E-state index contributed by atoms with van der Waals surface area (Å²) in [5, 5.41) is 2.67. The van der Waals surface area contributed by atoms with E-state index in [0.717, 1.165) is 18.4 Å². The Kier molecular flexibility index (Phi) is 6.07. The summed E-state index contributed by atoms with van der Waals surface area (Å²) in [4.78, 5) is 25.2. The van der Waals surface area contributed by atoms with Crippen molar-refractivity contribution in [3.05, 3.63) is 71.3 Å². The number of amides is 1. The summed E-state index contributed by atoms with van der Waals surface area (Å²) in [6.07, 6.45) is 1.58. The molecular formula is C22H23F2NO3. The van der Waals surface area contributed by atoms with Crippen molar-refractivity contribution in [2.24, 2.45) is 0 Å². The number of esters is 1. The van der Waals surface area contributed by atoms with E-state index in [0.29, 0.717) is 18.4 Å². The van der Waals surface area contributed by atoms with Crippen LogP contribution in [-0.4, -0.2) is 18.0 Å². The zero-order valence-corrected chi connectivity index (χ0v) is 15.7. The number of halogens is 2. The predicted molar refractivity (Wildman–Crippen MR) is 100 cm³/mol. The Morgan fingerprint density at radius 3 is 2.36 bits per heavy atom. The van der Waals surface area contributed by atoms with E-state index >= 15 is 0 Å². The molecule has 4 nitrogen and oxygen atoms in total. The lowest BCUT2D eigenvalue weighted by atomic mass is 9.78. The molecule has 0 saturated heterocycles. The summed E-state index contributed by atoms with van der Waals surface area (Å²) in [6, 6.07) is 12.0. The molecule has 1 aliphatic carbocycles. The first-order chi connectivity index (χ1) is 13.4. The molecule has 28 heavy (non-hydrogen) atoms. The number of hydrogen-bond acceptors (Lipinski definition) is 3. The highest BCUT2D eigenvalue weighted by Crippen LogP contribution is 2.43. The zero-order valence-electron chi connectivity index (χ0n) is 15.7. The highest BCUT2D eigenvalue weighted by molar-refractivity contribution is 5.88. The van der Waals surface area contributed by atoms with Gasteiger partial charge in [-0.2, -0.15) is 0 Å². The second-order valence-electron chi connectivity index (χ2n) is 7.16. The highest BCUT2D eigenvalue weighted by atomic mass is 19.1. The van der Waals surface area contributed by atoms with Crippen LogP contribution in [0, 0.1) is 11.6 Å². The predicted octanol–water partition coefficient (Wildman–Crippen LogP) is 4.02. The van der Waals surface area contributed by atoms with E-state index in [1.807, 2.05) is 0 Å². The first-order valence-corrected chi connectivity index (χ1v) is 9.40. The molecule has 1 amide bonds. The van der Waals surface area contributed by atoms with E-state index in [4.69, 9.17) is 4.74 Å². The largest absolute Gasteiger partial charge is 0.452 e. The SMILES string of the molecule is C[C@H](OC(=O)C1(c2ccccc2F)CCCC1)C(=O)NCc1ccc(F)cc1. The molecule has 0 aromatic heterocycles. The molecule has 0 bridgehead atoms. The van der Waals surface area contributed by atoms with Crippen molar-refractivity contribution in [2.75, 3.05) is 0 Å². The molecule has 1 atom stereocenters. The fraction of sp³-hybridized carbons (Fsp3) is 0.364. The van der Waals surface area contributed by atoms with Crippen LogP contribution in [-0.2, 0) is 26.3 Å². The smallest absolute Gasteiger partial charge is 0.317 e.